The van der Waals surface area contributed by atoms with Crippen molar-refractivity contribution in [1.82, 2.24) is 4.98 Å². The van der Waals surface area contributed by atoms with Gasteiger partial charge in [-0.15, -0.1) is 0 Å². The molecule has 1 saturated heterocycles. The molecule has 18 heavy (non-hydrogen) atoms. The number of aryl methyl sites for hydroxylation is 1. The molecule has 2 unspecified atom stereocenters. The van der Waals surface area contributed by atoms with Gasteiger partial charge in [-0.25, -0.2) is 4.98 Å². The highest BCUT2D eigenvalue weighted by molar-refractivity contribution is 5.67. The van der Waals surface area contributed by atoms with E-state index in [9.17, 15) is 0 Å². The SMILES string of the molecule is Cc1ccnc(N2CCCC3CCCCC32)c1N. The molecule has 1 aromatic rings. The normalized spacial score (nSPS) is 27.9. The molecule has 1 aliphatic heterocycles. The Balaban J connectivity index is 1.92. The standard InChI is InChI=1S/C15H23N3/c1-11-8-9-17-15(14(11)16)18-10-4-6-12-5-2-3-7-13(12)18/h8-9,12-13H,2-7,10,16H2,1H3. The maximum Gasteiger partial charge on any atom is 0.152 e. The predicted molar refractivity (Wildman–Crippen MR) is 75.7 cm³/mol. The molecular formula is C15H23N3. The fraction of sp³-hybridized carbons (Fsp3) is 0.667. The second-order valence-electron chi connectivity index (χ2n) is 5.81. The first-order valence-electron chi connectivity index (χ1n) is 7.25. The van der Waals surface area contributed by atoms with Crippen LogP contribution in [0.3, 0.4) is 0 Å². The number of rotatable bonds is 1. The van der Waals surface area contributed by atoms with Crippen LogP contribution in [0.1, 0.15) is 44.1 Å². The monoisotopic (exact) mass is 245 g/mol. The maximum atomic E-state index is 6.23. The molecule has 98 valence electrons. The van der Waals surface area contributed by atoms with Crippen molar-refractivity contribution >= 4 is 11.5 Å². The Bertz CT molecular complexity index is 428. The van der Waals surface area contributed by atoms with Crippen LogP contribution in [0.5, 0.6) is 0 Å². The van der Waals surface area contributed by atoms with Crippen molar-refractivity contribution in [2.75, 3.05) is 17.2 Å². The molecule has 0 aromatic carbocycles. The number of pyridine rings is 1. The molecule has 0 bridgehead atoms. The van der Waals surface area contributed by atoms with Gasteiger partial charge < -0.3 is 10.6 Å². The van der Waals surface area contributed by atoms with Crippen LogP contribution in [0.2, 0.25) is 0 Å². The molecule has 3 nitrogen and oxygen atoms in total. The third-order valence-electron chi connectivity index (χ3n) is 4.70. The molecule has 2 aliphatic rings. The molecule has 2 heterocycles. The fourth-order valence-electron chi connectivity index (χ4n) is 3.67. The number of fused-ring (bicyclic) bond motifs is 1. The molecule has 0 amide bonds. The molecule has 0 spiro atoms. The van der Waals surface area contributed by atoms with Gasteiger partial charge >= 0.3 is 0 Å². The van der Waals surface area contributed by atoms with Crippen molar-refractivity contribution < 1.29 is 0 Å². The van der Waals surface area contributed by atoms with E-state index in [4.69, 9.17) is 5.73 Å². The Morgan fingerprint density at radius 2 is 2.00 bits per heavy atom. The van der Waals surface area contributed by atoms with E-state index in [2.05, 4.69) is 16.8 Å². The van der Waals surface area contributed by atoms with Crippen LogP contribution in [-0.4, -0.2) is 17.6 Å². The molecule has 1 aliphatic carbocycles. The molecule has 3 heteroatoms. The lowest BCUT2D eigenvalue weighted by Gasteiger charge is -2.45. The third kappa shape index (κ3) is 1.96. The number of hydrogen-bond acceptors (Lipinski definition) is 3. The number of anilines is 2. The predicted octanol–water partition coefficient (Wildman–Crippen LogP) is 3.13. The first kappa shape index (κ1) is 11.8. The highest BCUT2D eigenvalue weighted by Crippen LogP contribution is 2.38. The lowest BCUT2D eigenvalue weighted by molar-refractivity contribution is 0.243. The topological polar surface area (TPSA) is 42.2 Å². The van der Waals surface area contributed by atoms with E-state index in [0.29, 0.717) is 6.04 Å². The number of nitrogen functional groups attached to an aromatic ring is 1. The van der Waals surface area contributed by atoms with Gasteiger partial charge in [0.05, 0.1) is 5.69 Å². The summed E-state index contributed by atoms with van der Waals surface area (Å²) in [6.07, 6.45) is 10.1. The number of hydrogen-bond donors (Lipinski definition) is 1. The van der Waals surface area contributed by atoms with Gasteiger partial charge in [0, 0.05) is 18.8 Å². The van der Waals surface area contributed by atoms with E-state index in [1.54, 1.807) is 0 Å². The zero-order chi connectivity index (χ0) is 12.5. The second kappa shape index (κ2) is 4.79. The summed E-state index contributed by atoms with van der Waals surface area (Å²) in [5, 5.41) is 0. The molecule has 1 aromatic heterocycles. The zero-order valence-corrected chi connectivity index (χ0v) is 11.2. The summed E-state index contributed by atoms with van der Waals surface area (Å²) in [5.41, 5.74) is 8.26. The Morgan fingerprint density at radius 3 is 2.89 bits per heavy atom. The van der Waals surface area contributed by atoms with Gasteiger partial charge in [0.25, 0.3) is 0 Å². The van der Waals surface area contributed by atoms with Gasteiger partial charge in [-0.3, -0.25) is 0 Å². The molecule has 3 rings (SSSR count). The van der Waals surface area contributed by atoms with Crippen LogP contribution < -0.4 is 10.6 Å². The minimum absolute atomic E-state index is 0.684. The minimum Gasteiger partial charge on any atom is -0.396 e. The average molecular weight is 245 g/mol. The quantitative estimate of drug-likeness (QED) is 0.826. The van der Waals surface area contributed by atoms with Crippen LogP contribution in [-0.2, 0) is 0 Å². The lowest BCUT2D eigenvalue weighted by atomic mass is 9.78. The van der Waals surface area contributed by atoms with Crippen molar-refractivity contribution in [2.45, 2.75) is 51.5 Å². The van der Waals surface area contributed by atoms with Gasteiger partial charge in [0.15, 0.2) is 5.82 Å². The van der Waals surface area contributed by atoms with Crippen LogP contribution in [0, 0.1) is 12.8 Å². The summed E-state index contributed by atoms with van der Waals surface area (Å²) < 4.78 is 0. The van der Waals surface area contributed by atoms with E-state index in [1.807, 2.05) is 12.3 Å². The Kier molecular flexibility index (Phi) is 3.14. The summed E-state index contributed by atoms with van der Waals surface area (Å²) in [4.78, 5) is 7.05. The second-order valence-corrected chi connectivity index (χ2v) is 5.81. The van der Waals surface area contributed by atoms with Gasteiger partial charge in [-0.2, -0.15) is 0 Å². The Hall–Kier alpha value is -1.25. The summed E-state index contributed by atoms with van der Waals surface area (Å²) in [6.45, 7) is 3.20. The van der Waals surface area contributed by atoms with Crippen LogP contribution in [0.25, 0.3) is 0 Å². The molecule has 0 radical (unpaired) electrons. The fourth-order valence-corrected chi connectivity index (χ4v) is 3.67. The number of nitrogens with zero attached hydrogens (tertiary/aromatic N) is 2. The molecular weight excluding hydrogens is 222 g/mol. The van der Waals surface area contributed by atoms with E-state index < -0.39 is 0 Å². The Morgan fingerprint density at radius 1 is 1.22 bits per heavy atom. The molecule has 1 saturated carbocycles. The van der Waals surface area contributed by atoms with E-state index in [1.165, 1.54) is 38.5 Å². The van der Waals surface area contributed by atoms with E-state index in [-0.39, 0.29) is 0 Å². The van der Waals surface area contributed by atoms with E-state index in [0.717, 1.165) is 29.5 Å². The average Bonchev–Trinajstić information content (AvgIpc) is 2.41. The highest BCUT2D eigenvalue weighted by Gasteiger charge is 2.34. The van der Waals surface area contributed by atoms with Gasteiger partial charge in [-0.05, 0) is 50.2 Å². The van der Waals surface area contributed by atoms with E-state index >= 15 is 0 Å². The summed E-state index contributed by atoms with van der Waals surface area (Å²) >= 11 is 0. The van der Waals surface area contributed by atoms with Crippen molar-refractivity contribution in [3.63, 3.8) is 0 Å². The van der Waals surface area contributed by atoms with Gasteiger partial charge in [0.2, 0.25) is 0 Å². The molecule has 2 fully saturated rings. The van der Waals surface area contributed by atoms with Crippen LogP contribution >= 0.6 is 0 Å². The smallest absolute Gasteiger partial charge is 0.152 e. The van der Waals surface area contributed by atoms with Gasteiger partial charge in [0.1, 0.15) is 0 Å². The van der Waals surface area contributed by atoms with Crippen LogP contribution in [0.15, 0.2) is 12.3 Å². The largest absolute Gasteiger partial charge is 0.396 e. The summed E-state index contributed by atoms with van der Waals surface area (Å²) in [5.74, 6) is 1.90. The summed E-state index contributed by atoms with van der Waals surface area (Å²) in [6, 6.07) is 2.69. The van der Waals surface area contributed by atoms with Crippen LogP contribution in [0.4, 0.5) is 11.5 Å². The maximum absolute atomic E-state index is 6.23. The lowest BCUT2D eigenvalue weighted by Crippen LogP contribution is -2.47. The number of aromatic nitrogens is 1. The minimum atomic E-state index is 0.684. The Labute approximate surface area is 109 Å². The third-order valence-corrected chi connectivity index (χ3v) is 4.70. The number of nitrogens with two attached hydrogens (primary N) is 1. The van der Waals surface area contributed by atoms with Crippen molar-refractivity contribution in [3.05, 3.63) is 17.8 Å². The first-order valence-corrected chi connectivity index (χ1v) is 7.25. The van der Waals surface area contributed by atoms with Gasteiger partial charge in [-0.1, -0.05) is 12.8 Å². The first-order chi connectivity index (χ1) is 8.77. The van der Waals surface area contributed by atoms with Crippen molar-refractivity contribution in [1.29, 1.82) is 0 Å². The summed E-state index contributed by atoms with van der Waals surface area (Å²) in [7, 11) is 0. The number of piperidine rings is 1. The van der Waals surface area contributed by atoms with Crippen molar-refractivity contribution in [2.24, 2.45) is 5.92 Å². The highest BCUT2D eigenvalue weighted by atomic mass is 15.2. The zero-order valence-electron chi connectivity index (χ0n) is 11.2. The molecule has 2 atom stereocenters. The molecule has 2 N–H and O–H groups in total. The van der Waals surface area contributed by atoms with Crippen molar-refractivity contribution in [3.8, 4) is 0 Å².